The number of aromatic amines is 1. The second kappa shape index (κ2) is 6.02. The molecule has 3 rings (SSSR count). The zero-order valence-corrected chi connectivity index (χ0v) is 12.5. The minimum absolute atomic E-state index is 0.00907. The van der Waals surface area contributed by atoms with Crippen molar-refractivity contribution in [3.05, 3.63) is 70.0 Å². The van der Waals surface area contributed by atoms with Crippen molar-refractivity contribution >= 4 is 28.7 Å². The van der Waals surface area contributed by atoms with E-state index in [1.807, 2.05) is 0 Å². The molecule has 0 fully saturated rings. The number of anilines is 2. The van der Waals surface area contributed by atoms with Crippen LogP contribution in [0, 0.1) is 10.1 Å². The predicted octanol–water partition coefficient (Wildman–Crippen LogP) is 4.69. The van der Waals surface area contributed by atoms with E-state index in [9.17, 15) is 15.2 Å². The normalized spacial score (nSPS) is 10.5. The highest BCUT2D eigenvalue weighted by Gasteiger charge is 2.17. The van der Waals surface area contributed by atoms with Gasteiger partial charge in [0.25, 0.3) is 5.69 Å². The first-order chi connectivity index (χ1) is 11.1. The van der Waals surface area contributed by atoms with Crippen molar-refractivity contribution in [2.45, 2.75) is 0 Å². The van der Waals surface area contributed by atoms with Crippen LogP contribution >= 0.6 is 11.6 Å². The molecule has 2 aromatic carbocycles. The van der Waals surface area contributed by atoms with Gasteiger partial charge in [-0.3, -0.25) is 10.1 Å². The first-order valence-corrected chi connectivity index (χ1v) is 7.10. The molecule has 0 saturated carbocycles. The summed E-state index contributed by atoms with van der Waals surface area (Å²) in [5, 5.41) is 24.0. The summed E-state index contributed by atoms with van der Waals surface area (Å²) in [5.41, 5.74) is 2.53. The van der Waals surface area contributed by atoms with Crippen LogP contribution in [0.5, 0.6) is 5.75 Å². The largest absolute Gasteiger partial charge is 0.506 e. The minimum Gasteiger partial charge on any atom is -0.506 e. The molecule has 3 N–H and O–H groups in total. The monoisotopic (exact) mass is 329 g/mol. The lowest BCUT2D eigenvalue weighted by Gasteiger charge is -2.09. The number of rotatable bonds is 4. The van der Waals surface area contributed by atoms with Gasteiger partial charge in [-0.1, -0.05) is 23.7 Å². The summed E-state index contributed by atoms with van der Waals surface area (Å²) in [5.74, 6) is -0.00907. The van der Waals surface area contributed by atoms with E-state index in [0.29, 0.717) is 22.5 Å². The lowest BCUT2D eigenvalue weighted by atomic mass is 10.1. The van der Waals surface area contributed by atoms with Crippen LogP contribution in [0.15, 0.2) is 54.9 Å². The van der Waals surface area contributed by atoms with Crippen LogP contribution in [-0.4, -0.2) is 15.0 Å². The molecule has 1 aromatic heterocycles. The van der Waals surface area contributed by atoms with E-state index in [1.165, 1.54) is 12.1 Å². The number of nitrogens with one attached hydrogen (secondary N) is 2. The van der Waals surface area contributed by atoms with Crippen LogP contribution < -0.4 is 5.32 Å². The van der Waals surface area contributed by atoms with Crippen LogP contribution in [-0.2, 0) is 0 Å². The highest BCUT2D eigenvalue weighted by atomic mass is 35.5. The molecule has 1 heterocycles. The van der Waals surface area contributed by atoms with Crippen LogP contribution in [0.4, 0.5) is 17.1 Å². The Hall–Kier alpha value is -2.99. The number of H-pyrrole nitrogens is 1. The van der Waals surface area contributed by atoms with Crippen molar-refractivity contribution in [2.75, 3.05) is 5.32 Å². The molecule has 0 saturated heterocycles. The Bertz CT molecular complexity index is 877. The molecular weight excluding hydrogens is 318 g/mol. The van der Waals surface area contributed by atoms with E-state index < -0.39 is 4.92 Å². The molecule has 6 nitrogen and oxygen atoms in total. The Morgan fingerprint density at radius 2 is 1.91 bits per heavy atom. The number of nitro benzene ring substituents is 1. The van der Waals surface area contributed by atoms with Gasteiger partial charge in [0, 0.05) is 29.7 Å². The molecule has 0 aliphatic rings. The molecule has 0 aliphatic heterocycles. The highest BCUT2D eigenvalue weighted by molar-refractivity contribution is 6.32. The van der Waals surface area contributed by atoms with E-state index >= 15 is 0 Å². The molecule has 23 heavy (non-hydrogen) atoms. The SMILES string of the molecule is O=[N+]([O-])c1ccccc1-c1c[nH]cc1Nc1ccc(O)c(Cl)c1. The van der Waals surface area contributed by atoms with Crippen molar-refractivity contribution in [1.29, 1.82) is 0 Å². The number of halogens is 1. The van der Waals surface area contributed by atoms with Gasteiger partial charge in [0.05, 0.1) is 21.2 Å². The minimum atomic E-state index is -0.413. The quantitative estimate of drug-likeness (QED) is 0.368. The lowest BCUT2D eigenvalue weighted by Crippen LogP contribution is -1.94. The third kappa shape index (κ3) is 2.97. The zero-order valence-electron chi connectivity index (χ0n) is 11.8. The summed E-state index contributed by atoms with van der Waals surface area (Å²) in [4.78, 5) is 13.7. The third-order valence-electron chi connectivity index (χ3n) is 3.36. The van der Waals surface area contributed by atoms with Crippen molar-refractivity contribution in [3.63, 3.8) is 0 Å². The van der Waals surface area contributed by atoms with Gasteiger partial charge >= 0.3 is 0 Å². The van der Waals surface area contributed by atoms with Gasteiger partial charge in [0.15, 0.2) is 0 Å². The second-order valence-electron chi connectivity index (χ2n) is 4.85. The number of aromatic hydroxyl groups is 1. The number of para-hydroxylation sites is 1. The molecular formula is C16H12ClN3O3. The maximum Gasteiger partial charge on any atom is 0.277 e. The van der Waals surface area contributed by atoms with E-state index in [1.54, 1.807) is 42.7 Å². The molecule has 116 valence electrons. The van der Waals surface area contributed by atoms with Crippen LogP contribution in [0.1, 0.15) is 0 Å². The third-order valence-corrected chi connectivity index (χ3v) is 3.67. The number of hydrogen-bond donors (Lipinski definition) is 3. The first-order valence-electron chi connectivity index (χ1n) is 6.72. The molecule has 7 heteroatoms. The van der Waals surface area contributed by atoms with Crippen molar-refractivity contribution in [3.8, 4) is 16.9 Å². The topological polar surface area (TPSA) is 91.2 Å². The Kier molecular flexibility index (Phi) is 3.91. The molecule has 0 atom stereocenters. The number of phenols is 1. The van der Waals surface area contributed by atoms with E-state index in [4.69, 9.17) is 11.6 Å². The van der Waals surface area contributed by atoms with Gasteiger partial charge in [-0.05, 0) is 24.3 Å². The molecule has 0 bridgehead atoms. The number of nitrogens with zero attached hydrogens (tertiary/aromatic N) is 1. The van der Waals surface area contributed by atoms with Gasteiger partial charge in [-0.2, -0.15) is 0 Å². The van der Waals surface area contributed by atoms with E-state index in [-0.39, 0.29) is 16.5 Å². The predicted molar refractivity (Wildman–Crippen MR) is 89.3 cm³/mol. The smallest absolute Gasteiger partial charge is 0.277 e. The fourth-order valence-corrected chi connectivity index (χ4v) is 2.47. The fourth-order valence-electron chi connectivity index (χ4n) is 2.29. The van der Waals surface area contributed by atoms with Gasteiger partial charge in [-0.25, -0.2) is 0 Å². The molecule has 3 aromatic rings. The number of benzene rings is 2. The van der Waals surface area contributed by atoms with Gasteiger partial charge < -0.3 is 15.4 Å². The average Bonchev–Trinajstić information content (AvgIpc) is 2.99. The highest BCUT2D eigenvalue weighted by Crippen LogP contribution is 2.36. The van der Waals surface area contributed by atoms with Gasteiger partial charge in [0.1, 0.15) is 5.75 Å². The summed E-state index contributed by atoms with van der Waals surface area (Å²) in [6, 6.07) is 11.2. The van der Waals surface area contributed by atoms with Crippen molar-refractivity contribution in [1.82, 2.24) is 4.98 Å². The summed E-state index contributed by atoms with van der Waals surface area (Å²) >= 11 is 5.89. The van der Waals surface area contributed by atoms with Crippen molar-refractivity contribution in [2.24, 2.45) is 0 Å². The first kappa shape index (κ1) is 14.9. The summed E-state index contributed by atoms with van der Waals surface area (Å²) in [6.45, 7) is 0. The Morgan fingerprint density at radius 3 is 2.65 bits per heavy atom. The lowest BCUT2D eigenvalue weighted by molar-refractivity contribution is -0.384. The second-order valence-corrected chi connectivity index (χ2v) is 5.26. The molecule has 0 unspecified atom stereocenters. The van der Waals surface area contributed by atoms with Gasteiger partial charge in [0.2, 0.25) is 0 Å². The average molecular weight is 330 g/mol. The Balaban J connectivity index is 2.00. The maximum atomic E-state index is 11.2. The fraction of sp³-hybridized carbons (Fsp3) is 0. The molecule has 0 spiro atoms. The Labute approximate surface area is 136 Å². The standard InChI is InChI=1S/C16H12ClN3O3/c17-13-7-10(5-6-16(13)21)19-14-9-18-8-12(14)11-3-1-2-4-15(11)20(22)23/h1-9,18-19,21H. The Morgan fingerprint density at radius 1 is 1.13 bits per heavy atom. The molecule has 0 radical (unpaired) electrons. The summed E-state index contributed by atoms with van der Waals surface area (Å²) < 4.78 is 0. The van der Waals surface area contributed by atoms with Crippen LogP contribution in [0.3, 0.4) is 0 Å². The summed E-state index contributed by atoms with van der Waals surface area (Å²) in [6.07, 6.45) is 3.39. The van der Waals surface area contributed by atoms with E-state index in [0.717, 1.165) is 0 Å². The number of nitro groups is 1. The van der Waals surface area contributed by atoms with Crippen LogP contribution in [0.2, 0.25) is 5.02 Å². The molecule has 0 amide bonds. The maximum absolute atomic E-state index is 11.2. The number of aromatic nitrogens is 1. The summed E-state index contributed by atoms with van der Waals surface area (Å²) in [7, 11) is 0. The van der Waals surface area contributed by atoms with Gasteiger partial charge in [-0.15, -0.1) is 0 Å². The molecule has 0 aliphatic carbocycles. The van der Waals surface area contributed by atoms with Crippen molar-refractivity contribution < 1.29 is 10.0 Å². The number of phenolic OH excluding ortho intramolecular Hbond substituents is 1. The number of hydrogen-bond acceptors (Lipinski definition) is 4. The van der Waals surface area contributed by atoms with E-state index in [2.05, 4.69) is 10.3 Å². The zero-order chi connectivity index (χ0) is 16.4. The van der Waals surface area contributed by atoms with Crippen LogP contribution in [0.25, 0.3) is 11.1 Å².